The number of nitro groups is 1. The molecule has 0 radical (unpaired) electrons. The molecule has 3 aliphatic rings. The Kier molecular flexibility index (Phi) is 4.93. The summed E-state index contributed by atoms with van der Waals surface area (Å²) in [6.07, 6.45) is 0.656. The molecule has 0 spiro atoms. The maximum absolute atomic E-state index is 13.4. The minimum absolute atomic E-state index is 0.126. The van der Waals surface area contributed by atoms with Crippen LogP contribution < -0.4 is 4.90 Å². The zero-order valence-electron chi connectivity index (χ0n) is 16.1. The number of fused-ring (bicyclic) bond motifs is 5. The lowest BCUT2D eigenvalue weighted by Gasteiger charge is -2.34. The number of imide groups is 1. The van der Waals surface area contributed by atoms with Gasteiger partial charge >= 0.3 is 11.9 Å². The summed E-state index contributed by atoms with van der Waals surface area (Å²) in [5.41, 5.74) is -1.76. The lowest BCUT2D eigenvalue weighted by Crippen LogP contribution is -2.52. The predicted molar refractivity (Wildman–Crippen MR) is 104 cm³/mol. The van der Waals surface area contributed by atoms with Crippen LogP contribution in [0.15, 0.2) is 34.8 Å². The molecule has 1 aromatic rings. The van der Waals surface area contributed by atoms with E-state index in [1.54, 1.807) is 6.08 Å². The van der Waals surface area contributed by atoms with Gasteiger partial charge in [-0.1, -0.05) is 6.08 Å². The molecule has 2 fully saturated rings. The van der Waals surface area contributed by atoms with Crippen molar-refractivity contribution in [3.63, 3.8) is 0 Å². The predicted octanol–water partition coefficient (Wildman–Crippen LogP) is 1.62. The molecular weight excluding hydrogens is 480 g/mol. The normalized spacial score (nSPS) is 28.3. The molecule has 2 amide bonds. The molecule has 0 aromatic heterocycles. The molecule has 4 rings (SSSR count). The highest BCUT2D eigenvalue weighted by atomic mass is 79.9. The lowest BCUT2D eigenvalue weighted by molar-refractivity contribution is -0.384. The van der Waals surface area contributed by atoms with Crippen LogP contribution in [0.2, 0.25) is 0 Å². The molecule has 2 bridgehead atoms. The van der Waals surface area contributed by atoms with Crippen molar-refractivity contribution in [2.45, 2.75) is 31.8 Å². The highest BCUT2D eigenvalue weighted by Gasteiger charge is 2.72. The van der Waals surface area contributed by atoms with Gasteiger partial charge in [0.15, 0.2) is 5.60 Å². The van der Waals surface area contributed by atoms with E-state index in [1.807, 2.05) is 0 Å². The second kappa shape index (κ2) is 7.24. The SMILES string of the molecule is CC(=O)OC(OC(C)=O)[C@@]12C=C[C@H](O1)[C@@H]1C(=O)N(c3ccc([N+](=O)[O-])cc3Br)C(=O)[C@@H]12. The van der Waals surface area contributed by atoms with Crippen LogP contribution in [0, 0.1) is 22.0 Å². The molecule has 4 atom stereocenters. The summed E-state index contributed by atoms with van der Waals surface area (Å²) < 4.78 is 16.3. The number of halogens is 1. The first kappa shape index (κ1) is 21.1. The molecule has 2 saturated heterocycles. The van der Waals surface area contributed by atoms with Gasteiger partial charge in [-0.25, -0.2) is 4.90 Å². The minimum Gasteiger partial charge on any atom is -0.422 e. The Labute approximate surface area is 183 Å². The van der Waals surface area contributed by atoms with Crippen molar-refractivity contribution in [3.8, 4) is 0 Å². The molecule has 0 N–H and O–H groups in total. The van der Waals surface area contributed by atoms with Crippen LogP contribution in [-0.4, -0.2) is 46.7 Å². The summed E-state index contributed by atoms with van der Waals surface area (Å²) in [5.74, 6) is -4.84. The average molecular weight is 495 g/mol. The number of amides is 2. The summed E-state index contributed by atoms with van der Waals surface area (Å²) in [6.45, 7) is 2.22. The first-order valence-electron chi connectivity index (χ1n) is 9.10. The third kappa shape index (κ3) is 3.13. The van der Waals surface area contributed by atoms with Gasteiger partial charge in [-0.05, 0) is 28.1 Å². The number of ether oxygens (including phenoxy) is 3. The number of carbonyl (C=O) groups excluding carboxylic acids is 4. The largest absolute Gasteiger partial charge is 0.422 e. The molecule has 3 heterocycles. The van der Waals surface area contributed by atoms with Gasteiger partial charge in [0.05, 0.1) is 28.6 Å². The highest BCUT2D eigenvalue weighted by molar-refractivity contribution is 9.10. The Bertz CT molecular complexity index is 1050. The smallest absolute Gasteiger partial charge is 0.305 e. The number of rotatable bonds is 5. The van der Waals surface area contributed by atoms with Gasteiger partial charge in [0.1, 0.15) is 0 Å². The molecule has 0 saturated carbocycles. The number of hydrogen-bond donors (Lipinski definition) is 0. The molecule has 3 aliphatic heterocycles. The number of non-ortho nitro benzene ring substituents is 1. The molecule has 11 nitrogen and oxygen atoms in total. The number of nitro benzene ring substituents is 1. The topological polar surface area (TPSA) is 142 Å². The Balaban J connectivity index is 1.75. The second-order valence-corrected chi connectivity index (χ2v) is 8.11. The van der Waals surface area contributed by atoms with Gasteiger partial charge in [0.25, 0.3) is 12.0 Å². The molecule has 1 aromatic carbocycles. The van der Waals surface area contributed by atoms with Crippen molar-refractivity contribution in [2.24, 2.45) is 11.8 Å². The number of anilines is 1. The second-order valence-electron chi connectivity index (χ2n) is 7.25. The van der Waals surface area contributed by atoms with Crippen molar-refractivity contribution in [3.05, 3.63) is 44.9 Å². The summed E-state index contributed by atoms with van der Waals surface area (Å²) >= 11 is 3.18. The molecule has 0 unspecified atom stereocenters. The van der Waals surface area contributed by atoms with E-state index in [9.17, 15) is 29.3 Å². The number of carbonyl (C=O) groups is 4. The Hall–Kier alpha value is -3.12. The van der Waals surface area contributed by atoms with E-state index in [0.717, 1.165) is 18.7 Å². The minimum atomic E-state index is -1.67. The number of hydrogen-bond acceptors (Lipinski definition) is 9. The number of benzene rings is 1. The first-order valence-corrected chi connectivity index (χ1v) is 9.89. The van der Waals surface area contributed by atoms with E-state index in [1.165, 1.54) is 24.3 Å². The highest BCUT2D eigenvalue weighted by Crippen LogP contribution is 2.55. The first-order chi connectivity index (χ1) is 14.6. The van der Waals surface area contributed by atoms with Crippen molar-refractivity contribution in [2.75, 3.05) is 4.90 Å². The third-order valence-corrected chi connectivity index (χ3v) is 6.01. The fourth-order valence-corrected chi connectivity index (χ4v) is 4.79. The number of nitrogens with zero attached hydrogens (tertiary/aromatic N) is 2. The quantitative estimate of drug-likeness (QED) is 0.149. The van der Waals surface area contributed by atoms with E-state index < -0.39 is 58.5 Å². The van der Waals surface area contributed by atoms with E-state index in [2.05, 4.69) is 15.9 Å². The molecule has 12 heteroatoms. The van der Waals surface area contributed by atoms with Crippen LogP contribution in [0.25, 0.3) is 0 Å². The summed E-state index contributed by atoms with van der Waals surface area (Å²) in [5, 5.41) is 11.0. The number of esters is 2. The van der Waals surface area contributed by atoms with E-state index in [0.29, 0.717) is 0 Å². The maximum Gasteiger partial charge on any atom is 0.305 e. The van der Waals surface area contributed by atoms with Crippen LogP contribution in [0.3, 0.4) is 0 Å². The van der Waals surface area contributed by atoms with Gasteiger partial charge in [-0.3, -0.25) is 29.3 Å². The zero-order valence-corrected chi connectivity index (χ0v) is 17.7. The van der Waals surface area contributed by atoms with Gasteiger partial charge in [0.2, 0.25) is 11.8 Å². The molecular formula is C19H15BrN2O9. The van der Waals surface area contributed by atoms with Crippen LogP contribution in [0.1, 0.15) is 13.8 Å². The fraction of sp³-hybridized carbons (Fsp3) is 0.368. The molecule has 162 valence electrons. The Morgan fingerprint density at radius 3 is 2.42 bits per heavy atom. The molecule has 31 heavy (non-hydrogen) atoms. The fourth-order valence-electron chi connectivity index (χ4n) is 4.24. The van der Waals surface area contributed by atoms with Crippen LogP contribution >= 0.6 is 15.9 Å². The summed E-state index contributed by atoms with van der Waals surface area (Å²) in [6, 6.07) is 3.65. The van der Waals surface area contributed by atoms with Gasteiger partial charge in [-0.15, -0.1) is 0 Å². The maximum atomic E-state index is 13.4. The van der Waals surface area contributed by atoms with Crippen LogP contribution in [-0.2, 0) is 33.4 Å². The van der Waals surface area contributed by atoms with Gasteiger partial charge in [0, 0.05) is 30.5 Å². The summed E-state index contributed by atoms with van der Waals surface area (Å²) in [7, 11) is 0. The van der Waals surface area contributed by atoms with Crippen molar-refractivity contribution >= 4 is 51.1 Å². The van der Waals surface area contributed by atoms with Crippen LogP contribution in [0.5, 0.6) is 0 Å². The van der Waals surface area contributed by atoms with Gasteiger partial charge < -0.3 is 14.2 Å². The van der Waals surface area contributed by atoms with Gasteiger partial charge in [-0.2, -0.15) is 0 Å². The standard InChI is InChI=1S/C19H15BrN2O9/c1-8(23)29-18(30-9(2)24)19-6-5-13(31-19)14-15(19)17(26)21(16(14)25)12-4-3-10(22(27)28)7-11(12)20/h3-7,13-15,18H,1-2H3/t13-,14-,15+,19-/m0/s1. The van der Waals surface area contributed by atoms with E-state index in [4.69, 9.17) is 14.2 Å². The summed E-state index contributed by atoms with van der Waals surface area (Å²) in [4.78, 5) is 61.1. The van der Waals surface area contributed by atoms with Crippen molar-refractivity contribution in [1.82, 2.24) is 0 Å². The average Bonchev–Trinajstić information content (AvgIpc) is 3.32. The zero-order chi connectivity index (χ0) is 22.7. The monoisotopic (exact) mass is 494 g/mol. The lowest BCUT2D eigenvalue weighted by atomic mass is 9.76. The van der Waals surface area contributed by atoms with E-state index >= 15 is 0 Å². The Morgan fingerprint density at radius 2 is 1.87 bits per heavy atom. The molecule has 0 aliphatic carbocycles. The van der Waals surface area contributed by atoms with Crippen molar-refractivity contribution in [1.29, 1.82) is 0 Å². The third-order valence-electron chi connectivity index (χ3n) is 5.38. The van der Waals surface area contributed by atoms with Crippen LogP contribution in [0.4, 0.5) is 11.4 Å². The van der Waals surface area contributed by atoms with Crippen molar-refractivity contribution < 1.29 is 38.3 Å². The Morgan fingerprint density at radius 1 is 1.23 bits per heavy atom. The van der Waals surface area contributed by atoms with E-state index in [-0.39, 0.29) is 15.8 Å².